The number of amides is 1. The second kappa shape index (κ2) is 8.45. The molecule has 1 aromatic heterocycles. The minimum atomic E-state index is -0.353. The molecule has 0 spiro atoms. The third kappa shape index (κ3) is 4.20. The van der Waals surface area contributed by atoms with Crippen molar-refractivity contribution in [2.24, 2.45) is 0 Å². The Balaban J connectivity index is 1.28. The second-order valence-electron chi connectivity index (χ2n) is 6.94. The van der Waals surface area contributed by atoms with Crippen molar-refractivity contribution in [1.82, 2.24) is 20.3 Å². The van der Waals surface area contributed by atoms with Crippen LogP contribution in [0.3, 0.4) is 0 Å². The van der Waals surface area contributed by atoms with Gasteiger partial charge in [0.15, 0.2) is 16.6 Å². The summed E-state index contributed by atoms with van der Waals surface area (Å²) in [6.45, 7) is 0.938. The lowest BCUT2D eigenvalue weighted by atomic mass is 10.2. The Bertz CT molecular complexity index is 1340. The van der Waals surface area contributed by atoms with Crippen LogP contribution in [0.4, 0.5) is 5.69 Å². The van der Waals surface area contributed by atoms with Crippen LogP contribution in [0.1, 0.15) is 10.4 Å². The molecule has 1 aliphatic heterocycles. The van der Waals surface area contributed by atoms with Crippen molar-refractivity contribution in [1.29, 1.82) is 0 Å². The Morgan fingerprint density at radius 1 is 0.938 bits per heavy atom. The number of carbonyl (C=O) groups is 1. The van der Waals surface area contributed by atoms with Crippen LogP contribution in [0.15, 0.2) is 60.7 Å². The maximum absolute atomic E-state index is 12.6. The van der Waals surface area contributed by atoms with E-state index in [4.69, 9.17) is 33.3 Å². The third-order valence-corrected chi connectivity index (χ3v) is 5.18. The average Bonchev–Trinajstić information content (AvgIpc) is 3.22. The van der Waals surface area contributed by atoms with Crippen molar-refractivity contribution >= 4 is 51.6 Å². The van der Waals surface area contributed by atoms with Crippen molar-refractivity contribution in [3.63, 3.8) is 0 Å². The summed E-state index contributed by atoms with van der Waals surface area (Å²) < 4.78 is 11.0. The zero-order valence-corrected chi connectivity index (χ0v) is 18.1. The fourth-order valence-electron chi connectivity index (χ4n) is 3.20. The molecule has 5 rings (SSSR count). The van der Waals surface area contributed by atoms with Gasteiger partial charge in [0.2, 0.25) is 0 Å². The number of nitrogens with one attached hydrogen (secondary N) is 2. The first kappa shape index (κ1) is 20.2. The maximum atomic E-state index is 12.6. The van der Waals surface area contributed by atoms with Gasteiger partial charge in [0.1, 0.15) is 24.2 Å². The normalized spacial score (nSPS) is 12.4. The minimum absolute atomic E-state index is 0.161. The third-order valence-electron chi connectivity index (χ3n) is 4.73. The molecule has 0 atom stereocenters. The molecule has 160 valence electrons. The Morgan fingerprint density at radius 3 is 2.50 bits per heavy atom. The molecule has 0 aliphatic carbocycles. The Labute approximate surface area is 193 Å². The van der Waals surface area contributed by atoms with Crippen LogP contribution < -0.4 is 20.1 Å². The average molecular weight is 466 g/mol. The van der Waals surface area contributed by atoms with Gasteiger partial charge in [0.25, 0.3) is 5.91 Å². The molecule has 10 heteroatoms. The van der Waals surface area contributed by atoms with Gasteiger partial charge in [-0.25, -0.2) is 0 Å². The number of aromatic nitrogens is 3. The van der Waals surface area contributed by atoms with Crippen LogP contribution in [-0.4, -0.2) is 39.2 Å². The van der Waals surface area contributed by atoms with Gasteiger partial charge in [-0.1, -0.05) is 11.6 Å². The summed E-state index contributed by atoms with van der Waals surface area (Å²) in [7, 11) is 0. The van der Waals surface area contributed by atoms with E-state index in [-0.39, 0.29) is 11.0 Å². The molecule has 0 unspecified atom stereocenters. The molecule has 3 aromatic carbocycles. The SMILES string of the molecule is O=C(NC(=S)Nc1ccc2nn(-c3ccc(Cl)cc3)nc2c1)c1ccc2c(c1)OCCO2. The molecule has 0 saturated heterocycles. The van der Waals surface area contributed by atoms with E-state index >= 15 is 0 Å². The van der Waals surface area contributed by atoms with Crippen LogP contribution in [0.2, 0.25) is 5.02 Å². The molecular formula is C22H16ClN5O3S. The van der Waals surface area contributed by atoms with Crippen LogP contribution >= 0.6 is 23.8 Å². The van der Waals surface area contributed by atoms with E-state index in [1.807, 2.05) is 24.3 Å². The van der Waals surface area contributed by atoms with E-state index < -0.39 is 0 Å². The van der Waals surface area contributed by atoms with Crippen molar-refractivity contribution < 1.29 is 14.3 Å². The first-order valence-corrected chi connectivity index (χ1v) is 10.5. The van der Waals surface area contributed by atoms with Crippen molar-refractivity contribution in [3.8, 4) is 17.2 Å². The highest BCUT2D eigenvalue weighted by atomic mass is 35.5. The van der Waals surface area contributed by atoms with Gasteiger partial charge in [0, 0.05) is 16.3 Å². The number of benzene rings is 3. The molecule has 2 heterocycles. The lowest BCUT2D eigenvalue weighted by molar-refractivity contribution is 0.0976. The molecule has 0 bridgehead atoms. The molecule has 1 aliphatic rings. The molecule has 2 N–H and O–H groups in total. The zero-order valence-electron chi connectivity index (χ0n) is 16.5. The van der Waals surface area contributed by atoms with E-state index in [1.165, 1.54) is 4.80 Å². The van der Waals surface area contributed by atoms with Gasteiger partial charge in [-0.3, -0.25) is 10.1 Å². The predicted octanol–water partition coefficient (Wildman–Crippen LogP) is 3.97. The summed E-state index contributed by atoms with van der Waals surface area (Å²) in [6.07, 6.45) is 0. The van der Waals surface area contributed by atoms with E-state index in [1.54, 1.807) is 36.4 Å². The number of ether oxygens (including phenoxy) is 2. The Hall–Kier alpha value is -3.69. The number of anilines is 1. The lowest BCUT2D eigenvalue weighted by Gasteiger charge is -2.18. The largest absolute Gasteiger partial charge is 0.486 e. The molecule has 0 radical (unpaired) electrons. The molecule has 1 amide bonds. The van der Waals surface area contributed by atoms with Crippen molar-refractivity contribution in [3.05, 3.63) is 71.2 Å². The zero-order chi connectivity index (χ0) is 22.1. The molecule has 0 saturated carbocycles. The van der Waals surface area contributed by atoms with Gasteiger partial charge in [-0.2, -0.15) is 4.80 Å². The summed E-state index contributed by atoms with van der Waals surface area (Å²) in [6, 6.07) is 17.7. The molecule has 0 fully saturated rings. The summed E-state index contributed by atoms with van der Waals surface area (Å²) in [5.41, 5.74) is 3.28. The van der Waals surface area contributed by atoms with Gasteiger partial charge >= 0.3 is 0 Å². The Morgan fingerprint density at radius 2 is 1.69 bits per heavy atom. The van der Waals surface area contributed by atoms with Crippen LogP contribution in [0, 0.1) is 0 Å². The highest BCUT2D eigenvalue weighted by Crippen LogP contribution is 2.30. The first-order valence-electron chi connectivity index (χ1n) is 9.70. The fourth-order valence-corrected chi connectivity index (χ4v) is 3.54. The number of carbonyl (C=O) groups excluding carboxylic acids is 1. The molecule has 8 nitrogen and oxygen atoms in total. The van der Waals surface area contributed by atoms with E-state index in [0.29, 0.717) is 46.5 Å². The molecule has 4 aromatic rings. The number of hydrogen-bond donors (Lipinski definition) is 2. The quantitative estimate of drug-likeness (QED) is 0.442. The maximum Gasteiger partial charge on any atom is 0.257 e. The molecular weight excluding hydrogens is 450 g/mol. The van der Waals surface area contributed by atoms with Crippen molar-refractivity contribution in [2.75, 3.05) is 18.5 Å². The fraction of sp³-hybridized carbons (Fsp3) is 0.0909. The predicted molar refractivity (Wildman–Crippen MR) is 125 cm³/mol. The van der Waals surface area contributed by atoms with E-state index in [0.717, 1.165) is 11.2 Å². The standard InChI is InChI=1S/C22H16ClN5O3S/c23-14-2-5-16(6-3-14)28-26-17-7-4-15(12-18(17)27-28)24-22(32)25-21(29)13-1-8-19-20(11-13)31-10-9-30-19/h1-8,11-12H,9-10H2,(H2,24,25,29,32). The number of halogens is 1. The van der Waals surface area contributed by atoms with Gasteiger partial charge in [-0.15, -0.1) is 10.2 Å². The summed E-state index contributed by atoms with van der Waals surface area (Å²) in [5, 5.41) is 15.4. The van der Waals surface area contributed by atoms with Crippen LogP contribution in [0.25, 0.3) is 16.7 Å². The van der Waals surface area contributed by atoms with Crippen LogP contribution in [-0.2, 0) is 0 Å². The highest BCUT2D eigenvalue weighted by molar-refractivity contribution is 7.80. The minimum Gasteiger partial charge on any atom is -0.486 e. The summed E-state index contributed by atoms with van der Waals surface area (Å²) in [4.78, 5) is 14.1. The lowest BCUT2D eigenvalue weighted by Crippen LogP contribution is -2.34. The Kier molecular flexibility index (Phi) is 5.34. The van der Waals surface area contributed by atoms with E-state index in [9.17, 15) is 4.79 Å². The van der Waals surface area contributed by atoms with Gasteiger partial charge < -0.3 is 14.8 Å². The molecule has 32 heavy (non-hydrogen) atoms. The van der Waals surface area contributed by atoms with Crippen molar-refractivity contribution in [2.45, 2.75) is 0 Å². The number of nitrogens with zero attached hydrogens (tertiary/aromatic N) is 3. The second-order valence-corrected chi connectivity index (χ2v) is 7.78. The number of rotatable bonds is 3. The summed E-state index contributed by atoms with van der Waals surface area (Å²) in [5.74, 6) is 0.805. The van der Waals surface area contributed by atoms with E-state index in [2.05, 4.69) is 20.8 Å². The monoisotopic (exact) mass is 465 g/mol. The highest BCUT2D eigenvalue weighted by Gasteiger charge is 2.16. The number of hydrogen-bond acceptors (Lipinski definition) is 6. The van der Waals surface area contributed by atoms with Gasteiger partial charge in [0.05, 0.1) is 5.69 Å². The first-order chi connectivity index (χ1) is 15.5. The van der Waals surface area contributed by atoms with Gasteiger partial charge in [-0.05, 0) is 72.9 Å². The number of fused-ring (bicyclic) bond motifs is 2. The summed E-state index contributed by atoms with van der Waals surface area (Å²) >= 11 is 11.2. The number of thiocarbonyl (C=S) groups is 1. The smallest absolute Gasteiger partial charge is 0.257 e. The topological polar surface area (TPSA) is 90.3 Å². The van der Waals surface area contributed by atoms with Crippen LogP contribution in [0.5, 0.6) is 11.5 Å².